The van der Waals surface area contributed by atoms with E-state index in [1.807, 2.05) is 0 Å². The van der Waals surface area contributed by atoms with Gasteiger partial charge < -0.3 is 0 Å². The predicted molar refractivity (Wildman–Crippen MR) is 28.1 cm³/mol. The molecular formula is C5H5CfF4O. The Morgan fingerprint density at radius 1 is 1.27 bits per heavy atom. The first kappa shape index (κ1) is 9.13. The van der Waals surface area contributed by atoms with E-state index >= 15 is 0 Å². The van der Waals surface area contributed by atoms with Gasteiger partial charge in [-0.25, -0.2) is 0 Å². The summed E-state index contributed by atoms with van der Waals surface area (Å²) in [6, 6.07) is -1.40. The molecule has 0 bridgehead atoms. The van der Waals surface area contributed by atoms with E-state index in [1.54, 1.807) is 0 Å². The minimum atomic E-state index is -1.88. The van der Waals surface area contributed by atoms with Crippen LogP contribution in [0.25, 0.3) is 0 Å². The summed E-state index contributed by atoms with van der Waals surface area (Å²) in [6.07, 6.45) is 0. The van der Waals surface area contributed by atoms with Gasteiger partial charge in [-0.05, 0) is 0 Å². The standard InChI is InChI=1S/C4H5F2O.CF2.Cf/c1-3(5)4(6)7-2;2-1-3;/h2H2,1H3;;. The van der Waals surface area contributed by atoms with Crippen LogP contribution in [-0.2, 0) is 4.74 Å². The second-order valence-corrected chi connectivity index (χ2v) is 4.03. The average molecular weight is 408 g/mol. The number of ether oxygens (including phenoxy) is 1. The van der Waals surface area contributed by atoms with E-state index in [0.29, 0.717) is 0 Å². The molecule has 0 heterocycles. The molecule has 0 N–H and O–H groups in total. The number of rotatable bonds is 3. The van der Waals surface area contributed by atoms with Crippen LogP contribution in [0.3, 0.4) is 0 Å². The van der Waals surface area contributed by atoms with Crippen LogP contribution in [0.2, 0.25) is 0 Å². The molecule has 6 heteroatoms. The van der Waals surface area contributed by atoms with Gasteiger partial charge in [0, 0.05) is 0 Å². The van der Waals surface area contributed by atoms with Crippen molar-refractivity contribution in [3.8, 4) is 0 Å². The summed E-state index contributed by atoms with van der Waals surface area (Å²) in [5.41, 5.74) is 0. The summed E-state index contributed by atoms with van der Waals surface area (Å²) >= 11 is 0. The van der Waals surface area contributed by atoms with Crippen LogP contribution < -0.4 is 0 Å². The third kappa shape index (κ3) is 4.62. The Hall–Kier alpha value is -1.87. The van der Waals surface area contributed by atoms with Gasteiger partial charge in [-0.2, -0.15) is 0 Å². The van der Waals surface area contributed by atoms with E-state index in [1.165, 1.54) is 0 Å². The maximum absolute atomic E-state index is 12.0. The molecule has 0 fully saturated rings. The second kappa shape index (κ2) is 4.03. The first-order valence-corrected chi connectivity index (χ1v) is 5.56. The summed E-state index contributed by atoms with van der Waals surface area (Å²) in [5, 5.41) is 0. The van der Waals surface area contributed by atoms with Gasteiger partial charge in [-0.1, -0.05) is 0 Å². The first-order chi connectivity index (χ1) is 5.04. The van der Waals surface area contributed by atoms with Crippen molar-refractivity contribution >= 4 is 6.93 Å². The zero-order valence-electron chi connectivity index (χ0n) is 5.44. The Balaban J connectivity index is 3.73. The molecule has 0 saturated carbocycles. The van der Waals surface area contributed by atoms with Gasteiger partial charge in [0.2, 0.25) is 0 Å². The normalized spacial score (nSPS) is 11.7. The van der Waals surface area contributed by atoms with E-state index < -0.39 is 25.9 Å². The van der Waals surface area contributed by atoms with Crippen molar-refractivity contribution in [2.45, 2.75) is 6.92 Å². The van der Waals surface area contributed by atoms with Crippen molar-refractivity contribution in [3.63, 3.8) is 0 Å². The molecule has 0 aliphatic carbocycles. The van der Waals surface area contributed by atoms with Crippen LogP contribution in [0.5, 0.6) is 0 Å². The molecule has 11 heavy (non-hydrogen) atoms. The predicted octanol–water partition coefficient (Wildman–Crippen LogP) is 2.20. The summed E-state index contributed by atoms with van der Waals surface area (Å²) in [5.74, 6) is -1.13. The van der Waals surface area contributed by atoms with Crippen LogP contribution in [-0.4, -0.2) is 14.0 Å². The van der Waals surface area contributed by atoms with Crippen molar-refractivity contribution in [2.75, 3.05) is 7.11 Å². The molecule has 0 rings (SSSR count). The molecule has 0 atom stereocenters. The molecular weight excluding hydrogens is 403 g/mol. The molecule has 69 valence electrons. The SMILES string of the molecule is CC(F)=C(F)O[CH2][Cf]=[C](F)F. The summed E-state index contributed by atoms with van der Waals surface area (Å²) in [6.45, 7) is -0.864. The van der Waals surface area contributed by atoms with E-state index in [0.717, 1.165) is 6.92 Å². The molecule has 0 aromatic heterocycles. The summed E-state index contributed by atoms with van der Waals surface area (Å²) in [7, 11) is -0.398. The van der Waals surface area contributed by atoms with Gasteiger partial charge >= 0.3 is 55.1 Å². The van der Waals surface area contributed by atoms with Crippen molar-refractivity contribution in [1.82, 2.24) is 0 Å². The Morgan fingerprint density at radius 2 is 1.82 bits per heavy atom. The average Bonchev–Trinajstić information content (AvgIpc) is 1.86. The van der Waals surface area contributed by atoms with Crippen molar-refractivity contribution < 1.29 is 22.3 Å². The molecule has 0 aromatic rings. The minimum absolute atomic E-state index is 0.398. The van der Waals surface area contributed by atoms with E-state index in [-0.39, 0.29) is 0 Å². The molecule has 0 aromatic carbocycles. The van der Waals surface area contributed by atoms with Crippen molar-refractivity contribution in [1.29, 1.82) is 0 Å². The molecule has 1 nitrogen and oxygen atoms in total. The topological polar surface area (TPSA) is 9.23 Å². The van der Waals surface area contributed by atoms with Gasteiger partial charge in [0.25, 0.3) is 0 Å². The Bertz CT molecular complexity index is 181. The van der Waals surface area contributed by atoms with E-state index in [2.05, 4.69) is 4.74 Å². The Kier molecular flexibility index (Phi) is 3.34. The fourth-order valence-electron chi connectivity index (χ4n) is 0.197. The van der Waals surface area contributed by atoms with Gasteiger partial charge in [0.15, 0.2) is 0 Å². The van der Waals surface area contributed by atoms with Crippen LogP contribution in [0.1, 0.15) is 6.92 Å². The molecule has 0 spiro atoms. The van der Waals surface area contributed by atoms with Crippen LogP contribution >= 0.6 is 0 Å². The fourth-order valence-corrected chi connectivity index (χ4v) is 1.01. The monoisotopic (exact) mass is 406 g/mol. The van der Waals surface area contributed by atoms with Crippen molar-refractivity contribution in [3.05, 3.63) is 11.8 Å². The van der Waals surface area contributed by atoms with E-state index in [9.17, 15) is 17.6 Å². The van der Waals surface area contributed by atoms with Crippen molar-refractivity contribution in [2.24, 2.45) is 0 Å². The number of hydrogen-bond acceptors (Lipinski definition) is 1. The Labute approximate surface area is 56.3 Å². The Morgan fingerprint density at radius 3 is 2.18 bits per heavy atom. The molecule has 0 unspecified atom stereocenters. The summed E-state index contributed by atoms with van der Waals surface area (Å²) < 4.78 is 48.7. The number of hydrogen-bond donors (Lipinski definition) is 0. The zero-order valence-corrected chi connectivity index (χ0v) is 8.08. The summed E-state index contributed by atoms with van der Waals surface area (Å²) in [4.78, 5) is 0. The quantitative estimate of drug-likeness (QED) is 0.514. The van der Waals surface area contributed by atoms with E-state index in [4.69, 9.17) is 0 Å². The van der Waals surface area contributed by atoms with Crippen LogP contribution in [0.15, 0.2) is 11.8 Å². The molecule has 0 saturated heterocycles. The molecule has 0 aliphatic rings. The zero-order chi connectivity index (χ0) is 8.85. The molecule has 0 amide bonds. The number of halogens is 4. The van der Waals surface area contributed by atoms with Gasteiger partial charge in [-0.3, -0.25) is 0 Å². The van der Waals surface area contributed by atoms with Crippen LogP contribution in [0.4, 0.5) is 17.6 Å². The van der Waals surface area contributed by atoms with Gasteiger partial charge in [0.05, 0.1) is 0 Å². The van der Waals surface area contributed by atoms with Gasteiger partial charge in [0.1, 0.15) is 0 Å². The molecule has 0 radical (unpaired) electrons. The fraction of sp³-hybridized carbons (Fsp3) is 0.400. The molecule has 0 aliphatic heterocycles. The third-order valence-corrected chi connectivity index (χ3v) is 2.04. The third-order valence-electron chi connectivity index (χ3n) is 0.573. The second-order valence-electron chi connectivity index (χ2n) is 1.35. The number of allylic oxidation sites excluding steroid dienone is 1. The van der Waals surface area contributed by atoms with Crippen LogP contribution in [0, 0.1) is 0 Å². The first-order valence-electron chi connectivity index (χ1n) is 2.38. The maximum atomic E-state index is 12.0. The van der Waals surface area contributed by atoms with Gasteiger partial charge in [-0.15, -0.1) is 0 Å².